The second kappa shape index (κ2) is 10.6. The topological polar surface area (TPSA) is 125 Å². The number of halogens is 1. The van der Waals surface area contributed by atoms with Crippen LogP contribution < -0.4 is 16.6 Å². The quantitative estimate of drug-likeness (QED) is 0.283. The molecule has 6 aromatic rings. The lowest BCUT2D eigenvalue weighted by molar-refractivity contribution is 0.0941. The molecule has 11 heteroatoms. The highest BCUT2D eigenvalue weighted by Gasteiger charge is 2.26. The van der Waals surface area contributed by atoms with Crippen molar-refractivity contribution in [1.82, 2.24) is 34.3 Å². The van der Waals surface area contributed by atoms with Crippen LogP contribution in [0.4, 0.5) is 5.82 Å². The highest BCUT2D eigenvalue weighted by atomic mass is 79.9. The first kappa shape index (κ1) is 27.0. The van der Waals surface area contributed by atoms with Gasteiger partial charge in [0.05, 0.1) is 34.6 Å². The van der Waals surface area contributed by atoms with Gasteiger partial charge in [-0.3, -0.25) is 18.8 Å². The molecule has 3 N–H and O–H groups in total. The minimum atomic E-state index is -0.630. The number of rotatable bonds is 4. The summed E-state index contributed by atoms with van der Waals surface area (Å²) in [6, 6.07) is 15.9. The summed E-state index contributed by atoms with van der Waals surface area (Å²) in [5.74, 6) is 5.96. The van der Waals surface area contributed by atoms with Gasteiger partial charge in [0.15, 0.2) is 11.5 Å². The fraction of sp³-hybridized carbons (Fsp3) is 0.129. The molecule has 1 amide bonds. The Kier molecular flexibility index (Phi) is 6.84. The van der Waals surface area contributed by atoms with Crippen LogP contribution in [-0.4, -0.2) is 34.9 Å². The van der Waals surface area contributed by atoms with E-state index in [0.29, 0.717) is 37.8 Å². The Morgan fingerprint density at radius 1 is 1.07 bits per heavy atom. The number of hydrogen-bond donors (Lipinski definition) is 2. The number of nitrogen functional groups attached to an aromatic ring is 1. The van der Waals surface area contributed by atoms with E-state index >= 15 is 0 Å². The average Bonchev–Trinajstić information content (AvgIpc) is 3.50. The summed E-state index contributed by atoms with van der Waals surface area (Å²) in [4.78, 5) is 32.2. The maximum absolute atomic E-state index is 14.4. The van der Waals surface area contributed by atoms with Crippen LogP contribution in [0.15, 0.2) is 82.5 Å². The number of carbonyl (C=O) groups excluding carboxylic acids is 1. The van der Waals surface area contributed by atoms with Crippen molar-refractivity contribution in [3.63, 3.8) is 0 Å². The SMILES string of the molecule is Cc1c(C#Cc2cccc3c(Br)c([C@H](C)NC(=O)c4c(N)nn5cccnc45)n(-c4ccccc4)c(=O)c23)cnn1C. The Hall–Kier alpha value is -5.21. The first-order chi connectivity index (χ1) is 20.3. The molecule has 10 nitrogen and oxygen atoms in total. The van der Waals surface area contributed by atoms with E-state index in [1.807, 2.05) is 69.4 Å². The minimum Gasteiger partial charge on any atom is -0.381 e. The molecule has 0 aliphatic carbocycles. The van der Waals surface area contributed by atoms with Gasteiger partial charge >= 0.3 is 0 Å². The number of aryl methyl sites for hydroxylation is 1. The number of carbonyl (C=O) groups is 1. The number of amides is 1. The number of nitrogens with one attached hydrogen (secondary N) is 1. The second-order valence-corrected chi connectivity index (χ2v) is 10.6. The Labute approximate surface area is 248 Å². The van der Waals surface area contributed by atoms with E-state index in [1.165, 1.54) is 4.52 Å². The second-order valence-electron chi connectivity index (χ2n) is 9.76. The van der Waals surface area contributed by atoms with Crippen LogP contribution in [0.2, 0.25) is 0 Å². The third-order valence-electron chi connectivity index (χ3n) is 7.17. The van der Waals surface area contributed by atoms with Crippen molar-refractivity contribution in [3.05, 3.63) is 116 Å². The normalized spacial score (nSPS) is 11.8. The fourth-order valence-electron chi connectivity index (χ4n) is 4.96. The van der Waals surface area contributed by atoms with Crippen LogP contribution in [0.3, 0.4) is 0 Å². The zero-order valence-electron chi connectivity index (χ0n) is 23.0. The van der Waals surface area contributed by atoms with Gasteiger partial charge in [0.2, 0.25) is 0 Å². The van der Waals surface area contributed by atoms with Crippen molar-refractivity contribution in [2.45, 2.75) is 19.9 Å². The molecular formula is C31H25BrN8O2. The monoisotopic (exact) mass is 620 g/mol. The highest BCUT2D eigenvalue weighted by molar-refractivity contribution is 9.10. The average molecular weight is 621 g/mol. The molecule has 0 saturated carbocycles. The van der Waals surface area contributed by atoms with Gasteiger partial charge in [-0.05, 0) is 54.0 Å². The Morgan fingerprint density at radius 2 is 1.83 bits per heavy atom. The molecule has 0 aliphatic rings. The van der Waals surface area contributed by atoms with Crippen molar-refractivity contribution in [3.8, 4) is 17.5 Å². The van der Waals surface area contributed by atoms with Crippen LogP contribution in [0.25, 0.3) is 22.1 Å². The molecule has 0 spiro atoms. The maximum atomic E-state index is 14.4. The third kappa shape index (κ3) is 4.52. The number of nitrogens with two attached hydrogens (primary N) is 1. The number of fused-ring (bicyclic) bond motifs is 2. The van der Waals surface area contributed by atoms with Crippen LogP contribution in [0.1, 0.15) is 45.8 Å². The molecule has 4 heterocycles. The number of nitrogens with zero attached hydrogens (tertiary/aromatic N) is 6. The summed E-state index contributed by atoms with van der Waals surface area (Å²) < 4.78 is 5.47. The molecule has 0 aliphatic heterocycles. The summed E-state index contributed by atoms with van der Waals surface area (Å²) in [6.45, 7) is 3.75. The summed E-state index contributed by atoms with van der Waals surface area (Å²) in [6.07, 6.45) is 4.95. The minimum absolute atomic E-state index is 0.0588. The highest BCUT2D eigenvalue weighted by Crippen LogP contribution is 2.33. The molecular weight excluding hydrogens is 596 g/mol. The molecule has 0 radical (unpaired) electrons. The van der Waals surface area contributed by atoms with Gasteiger partial charge in [-0.2, -0.15) is 5.10 Å². The van der Waals surface area contributed by atoms with Crippen LogP contribution in [0, 0.1) is 18.8 Å². The Bertz CT molecular complexity index is 2130. The molecule has 0 bridgehead atoms. The molecule has 4 aromatic heterocycles. The lowest BCUT2D eigenvalue weighted by atomic mass is 10.0. The van der Waals surface area contributed by atoms with E-state index in [9.17, 15) is 9.59 Å². The molecule has 2 aromatic carbocycles. The fourth-order valence-corrected chi connectivity index (χ4v) is 5.81. The first-order valence-electron chi connectivity index (χ1n) is 13.1. The maximum Gasteiger partial charge on any atom is 0.264 e. The number of aromatic nitrogens is 6. The molecule has 1 atom stereocenters. The van der Waals surface area contributed by atoms with Gasteiger partial charge in [-0.15, -0.1) is 5.10 Å². The Balaban J connectivity index is 1.52. The van der Waals surface area contributed by atoms with Crippen LogP contribution in [0.5, 0.6) is 0 Å². The van der Waals surface area contributed by atoms with Crippen LogP contribution >= 0.6 is 15.9 Å². The van der Waals surface area contributed by atoms with Crippen LogP contribution in [-0.2, 0) is 7.05 Å². The molecule has 208 valence electrons. The van der Waals surface area contributed by atoms with Gasteiger partial charge in [0.25, 0.3) is 11.5 Å². The van der Waals surface area contributed by atoms with Gasteiger partial charge in [-0.1, -0.05) is 42.2 Å². The Morgan fingerprint density at radius 3 is 2.57 bits per heavy atom. The number of para-hydroxylation sites is 1. The zero-order valence-corrected chi connectivity index (χ0v) is 24.5. The summed E-state index contributed by atoms with van der Waals surface area (Å²) in [5.41, 5.74) is 9.84. The number of hydrogen-bond acceptors (Lipinski definition) is 6. The number of pyridine rings is 1. The van der Waals surface area contributed by atoms with Crippen molar-refractivity contribution in [1.29, 1.82) is 0 Å². The van der Waals surface area contributed by atoms with E-state index in [4.69, 9.17) is 5.73 Å². The predicted octanol–water partition coefficient (Wildman–Crippen LogP) is 4.31. The third-order valence-corrected chi connectivity index (χ3v) is 8.01. The van der Waals surface area contributed by atoms with Gasteiger partial charge in [0.1, 0.15) is 5.56 Å². The molecule has 0 saturated heterocycles. The smallest absolute Gasteiger partial charge is 0.264 e. The van der Waals surface area contributed by atoms with Gasteiger partial charge in [0, 0.05) is 40.6 Å². The van der Waals surface area contributed by atoms with Gasteiger partial charge in [-0.25, -0.2) is 9.50 Å². The van der Waals surface area contributed by atoms with Gasteiger partial charge < -0.3 is 11.1 Å². The predicted molar refractivity (Wildman–Crippen MR) is 164 cm³/mol. The van der Waals surface area contributed by atoms with E-state index in [-0.39, 0.29) is 16.9 Å². The zero-order chi connectivity index (χ0) is 29.5. The molecule has 42 heavy (non-hydrogen) atoms. The van der Waals surface area contributed by atoms with Crippen molar-refractivity contribution in [2.75, 3.05) is 5.73 Å². The van der Waals surface area contributed by atoms with E-state index in [0.717, 1.165) is 11.3 Å². The molecule has 0 unspecified atom stereocenters. The summed E-state index contributed by atoms with van der Waals surface area (Å²) in [7, 11) is 1.86. The van der Waals surface area contributed by atoms with Crippen molar-refractivity contribution >= 4 is 44.1 Å². The van der Waals surface area contributed by atoms with E-state index < -0.39 is 11.9 Å². The molecule has 0 fully saturated rings. The summed E-state index contributed by atoms with van der Waals surface area (Å²) in [5, 5.41) is 12.6. The molecule has 6 rings (SSSR count). The summed E-state index contributed by atoms with van der Waals surface area (Å²) >= 11 is 3.78. The largest absolute Gasteiger partial charge is 0.381 e. The van der Waals surface area contributed by atoms with E-state index in [2.05, 4.69) is 48.3 Å². The number of anilines is 1. The lowest BCUT2D eigenvalue weighted by Gasteiger charge is -2.23. The van der Waals surface area contributed by atoms with Crippen molar-refractivity contribution < 1.29 is 4.79 Å². The van der Waals surface area contributed by atoms with E-state index in [1.54, 1.807) is 33.9 Å². The lowest BCUT2D eigenvalue weighted by Crippen LogP contribution is -2.33. The number of benzene rings is 2. The first-order valence-corrected chi connectivity index (χ1v) is 13.9. The van der Waals surface area contributed by atoms with Crippen molar-refractivity contribution in [2.24, 2.45) is 7.05 Å². The standard InChI is InChI=1S/C31H25BrN8O2/c1-18(36-30(41)25-28(33)37-39-16-8-15-34-29(25)39)27-26(32)23-12-7-9-20(13-14-21-17-35-38(3)19(21)2)24(23)31(42)40(27)22-10-5-4-6-11-22/h4-12,15-18H,1-3H3,(H2,33,37)(H,36,41)/t18-/m0/s1.